The second-order valence-electron chi connectivity index (χ2n) is 6.07. The summed E-state index contributed by atoms with van der Waals surface area (Å²) in [4.78, 5) is 20.2. The Morgan fingerprint density at radius 1 is 1.03 bits per heavy atom. The van der Waals surface area contributed by atoms with E-state index in [1.54, 1.807) is 12.1 Å². The van der Waals surface area contributed by atoms with Crippen LogP contribution in [-0.4, -0.2) is 31.6 Å². The molecule has 3 aromatic rings. The van der Waals surface area contributed by atoms with Crippen molar-refractivity contribution in [3.05, 3.63) is 80.6 Å². The number of methoxy groups -OCH3 is 1. The van der Waals surface area contributed by atoms with Gasteiger partial charge in [-0.25, -0.2) is 8.42 Å². The van der Waals surface area contributed by atoms with E-state index in [1.165, 1.54) is 31.4 Å². The predicted octanol–water partition coefficient (Wildman–Crippen LogP) is 3.35. The van der Waals surface area contributed by atoms with Gasteiger partial charge in [0.1, 0.15) is 16.4 Å². The van der Waals surface area contributed by atoms with E-state index in [2.05, 4.69) is 15.2 Å². The smallest absolute Gasteiger partial charge is 0.433 e. The van der Waals surface area contributed by atoms with Crippen LogP contribution in [0.15, 0.2) is 69.0 Å². The Morgan fingerprint density at radius 3 is 2.34 bits per heavy atom. The van der Waals surface area contributed by atoms with Crippen LogP contribution < -0.4 is 14.9 Å². The molecule has 0 unspecified atom stereocenters. The van der Waals surface area contributed by atoms with Gasteiger partial charge in [0.2, 0.25) is 0 Å². The Balaban J connectivity index is 1.80. The van der Waals surface area contributed by atoms with Gasteiger partial charge in [-0.3, -0.25) is 30.4 Å². The van der Waals surface area contributed by atoms with Crippen molar-refractivity contribution >= 4 is 39.2 Å². The van der Waals surface area contributed by atoms with E-state index >= 15 is 0 Å². The largest absolute Gasteiger partial charge is 0.497 e. The lowest BCUT2D eigenvalue weighted by atomic mass is 10.3. The molecule has 0 bridgehead atoms. The number of ether oxygens (including phenoxy) is 1. The molecule has 0 saturated carbocycles. The molecule has 2 aromatic carbocycles. The normalized spacial score (nSPS) is 11.3. The summed E-state index contributed by atoms with van der Waals surface area (Å²) in [5.41, 5.74) is 1.98. The Morgan fingerprint density at radius 2 is 1.75 bits per heavy atom. The van der Waals surface area contributed by atoms with Gasteiger partial charge in [0, 0.05) is 11.8 Å². The van der Waals surface area contributed by atoms with Crippen molar-refractivity contribution < 1.29 is 27.4 Å². The molecule has 3 rings (SSSR count). The molecule has 32 heavy (non-hydrogen) atoms. The first-order valence-corrected chi connectivity index (χ1v) is 10.2. The number of nitrogens with one attached hydrogen (secondary N) is 2. The van der Waals surface area contributed by atoms with Crippen LogP contribution in [0.25, 0.3) is 0 Å². The summed E-state index contributed by atoms with van der Waals surface area (Å²) in [6.07, 6.45) is 1.08. The van der Waals surface area contributed by atoms with E-state index in [0.29, 0.717) is 5.75 Å². The molecule has 0 amide bonds. The van der Waals surface area contributed by atoms with Crippen LogP contribution in [0.4, 0.5) is 22.9 Å². The highest BCUT2D eigenvalue weighted by molar-refractivity contribution is 7.92. The molecule has 2 N–H and O–H groups in total. The van der Waals surface area contributed by atoms with Crippen LogP contribution in [0.1, 0.15) is 5.76 Å². The Bertz CT molecular complexity index is 1280. The number of hydrazone groups is 1. The second-order valence-corrected chi connectivity index (χ2v) is 7.76. The molecule has 0 fully saturated rings. The monoisotopic (exact) mass is 461 g/mol. The summed E-state index contributed by atoms with van der Waals surface area (Å²) >= 11 is 0. The topological polar surface area (TPSA) is 179 Å². The minimum absolute atomic E-state index is 0.0368. The fourth-order valence-corrected chi connectivity index (χ4v) is 3.55. The van der Waals surface area contributed by atoms with Gasteiger partial charge < -0.3 is 9.15 Å². The van der Waals surface area contributed by atoms with Gasteiger partial charge in [-0.1, -0.05) is 0 Å². The SMILES string of the molecule is COc1ccc(NS(=O)(=O)c2ccc(NN=Cc3ccc([N+](=O)[O-])o3)c([N+](=O)[O-])c2)cc1. The number of nitro groups is 2. The third-order valence-corrected chi connectivity index (χ3v) is 5.37. The molecule has 0 aliphatic rings. The average molecular weight is 461 g/mol. The van der Waals surface area contributed by atoms with Crippen molar-refractivity contribution in [1.82, 2.24) is 0 Å². The fourth-order valence-electron chi connectivity index (χ4n) is 2.47. The zero-order valence-electron chi connectivity index (χ0n) is 16.3. The van der Waals surface area contributed by atoms with Crippen LogP contribution in [0.3, 0.4) is 0 Å². The lowest BCUT2D eigenvalue weighted by Gasteiger charge is -2.10. The maximum absolute atomic E-state index is 12.6. The maximum Gasteiger partial charge on any atom is 0.433 e. The van der Waals surface area contributed by atoms with Gasteiger partial charge in [0.05, 0.1) is 29.2 Å². The first-order chi connectivity index (χ1) is 15.2. The van der Waals surface area contributed by atoms with Crippen molar-refractivity contribution in [3.8, 4) is 5.75 Å². The van der Waals surface area contributed by atoms with Crippen molar-refractivity contribution in [2.24, 2.45) is 5.10 Å². The fraction of sp³-hybridized carbons (Fsp3) is 0.0556. The average Bonchev–Trinajstić information content (AvgIpc) is 3.23. The van der Waals surface area contributed by atoms with Gasteiger partial charge in [-0.2, -0.15) is 5.10 Å². The van der Waals surface area contributed by atoms with Crippen LogP contribution in [0.5, 0.6) is 5.75 Å². The minimum Gasteiger partial charge on any atom is -0.497 e. The molecular weight excluding hydrogens is 446 g/mol. The second kappa shape index (κ2) is 9.13. The van der Waals surface area contributed by atoms with E-state index in [-0.39, 0.29) is 22.0 Å². The van der Waals surface area contributed by atoms with Gasteiger partial charge in [-0.15, -0.1) is 0 Å². The lowest BCUT2D eigenvalue weighted by Crippen LogP contribution is -2.13. The predicted molar refractivity (Wildman–Crippen MR) is 113 cm³/mol. The van der Waals surface area contributed by atoms with Crippen molar-refractivity contribution in [3.63, 3.8) is 0 Å². The minimum atomic E-state index is -4.11. The van der Waals surface area contributed by atoms with E-state index in [4.69, 9.17) is 9.15 Å². The van der Waals surface area contributed by atoms with Crippen molar-refractivity contribution in [2.75, 3.05) is 17.3 Å². The molecule has 14 heteroatoms. The number of rotatable bonds is 9. The number of nitro benzene ring substituents is 1. The van der Waals surface area contributed by atoms with Gasteiger partial charge in [-0.05, 0) is 42.5 Å². The molecule has 0 atom stereocenters. The number of nitrogens with zero attached hydrogens (tertiary/aromatic N) is 3. The molecule has 1 heterocycles. The number of hydrogen-bond donors (Lipinski definition) is 2. The zero-order chi connectivity index (χ0) is 23.3. The molecule has 0 spiro atoms. The Hall–Kier alpha value is -4.46. The summed E-state index contributed by atoms with van der Waals surface area (Å²) in [6, 6.07) is 11.7. The number of sulfonamides is 1. The number of anilines is 2. The summed E-state index contributed by atoms with van der Waals surface area (Å²) in [5.74, 6) is 0.0785. The quantitative estimate of drug-likeness (QED) is 0.274. The Labute approximate surface area is 180 Å². The highest BCUT2D eigenvalue weighted by Gasteiger charge is 2.21. The number of hydrogen-bond acceptors (Lipinski definition) is 10. The van der Waals surface area contributed by atoms with Crippen LogP contribution >= 0.6 is 0 Å². The molecule has 166 valence electrons. The summed E-state index contributed by atoms with van der Waals surface area (Å²) in [5, 5.41) is 25.8. The first kappa shape index (κ1) is 22.2. The van der Waals surface area contributed by atoms with Crippen LogP contribution in [0.2, 0.25) is 0 Å². The molecular formula is C18H15N5O8S. The molecule has 0 radical (unpaired) electrons. The van der Waals surface area contributed by atoms with Crippen LogP contribution in [0, 0.1) is 20.2 Å². The molecule has 13 nitrogen and oxygen atoms in total. The maximum atomic E-state index is 12.6. The first-order valence-electron chi connectivity index (χ1n) is 8.68. The molecule has 0 aliphatic carbocycles. The molecule has 0 aliphatic heterocycles. The summed E-state index contributed by atoms with van der Waals surface area (Å²) in [6.45, 7) is 0. The third kappa shape index (κ3) is 5.17. The van der Waals surface area contributed by atoms with E-state index in [1.807, 2.05) is 0 Å². The standard InChI is InChI=1S/C18H15N5O8S/c1-30-13-4-2-12(3-5-13)21-32(28,29)15-7-8-16(17(10-15)22(24)25)20-19-11-14-6-9-18(31-14)23(26)27/h2-11,20-21H,1H3. The van der Waals surface area contributed by atoms with Gasteiger partial charge in [0.15, 0.2) is 5.76 Å². The van der Waals surface area contributed by atoms with E-state index < -0.39 is 31.4 Å². The highest BCUT2D eigenvalue weighted by atomic mass is 32.2. The molecule has 0 saturated heterocycles. The van der Waals surface area contributed by atoms with E-state index in [9.17, 15) is 28.6 Å². The third-order valence-electron chi connectivity index (χ3n) is 3.99. The van der Waals surface area contributed by atoms with Crippen molar-refractivity contribution in [2.45, 2.75) is 4.90 Å². The summed E-state index contributed by atoms with van der Waals surface area (Å²) in [7, 11) is -2.65. The zero-order valence-corrected chi connectivity index (χ0v) is 17.1. The van der Waals surface area contributed by atoms with Gasteiger partial charge >= 0.3 is 5.88 Å². The lowest BCUT2D eigenvalue weighted by molar-refractivity contribution is -0.402. The Kier molecular flexibility index (Phi) is 6.34. The van der Waals surface area contributed by atoms with E-state index in [0.717, 1.165) is 24.4 Å². The van der Waals surface area contributed by atoms with Gasteiger partial charge in [0.25, 0.3) is 15.7 Å². The van der Waals surface area contributed by atoms with Crippen LogP contribution in [-0.2, 0) is 10.0 Å². The summed E-state index contributed by atoms with van der Waals surface area (Å²) < 4.78 is 37.4. The highest BCUT2D eigenvalue weighted by Crippen LogP contribution is 2.29. The van der Waals surface area contributed by atoms with Crippen molar-refractivity contribution in [1.29, 1.82) is 0 Å². The number of benzene rings is 2. The number of furan rings is 1. The molecule has 1 aromatic heterocycles.